The maximum atomic E-state index is 4.28. The zero-order valence-corrected chi connectivity index (χ0v) is 9.28. The highest BCUT2D eigenvalue weighted by Gasteiger charge is 2.35. The third-order valence-corrected chi connectivity index (χ3v) is 3.71. The van der Waals surface area contributed by atoms with Crippen LogP contribution in [0.4, 0.5) is 5.13 Å². The second-order valence-electron chi connectivity index (χ2n) is 3.13. The molecule has 4 heteroatoms. The third-order valence-electron chi connectivity index (χ3n) is 2.23. The number of nitrogens with one attached hydrogen (secondary N) is 1. The van der Waals surface area contributed by atoms with E-state index in [1.165, 1.54) is 12.8 Å². The van der Waals surface area contributed by atoms with E-state index in [9.17, 15) is 0 Å². The number of nitrogens with zero attached hydrogens (tertiary/aromatic N) is 1. The van der Waals surface area contributed by atoms with E-state index < -0.39 is 0 Å². The lowest BCUT2D eigenvalue weighted by Crippen LogP contribution is -2.03. The predicted octanol–water partition coefficient (Wildman–Crippen LogP) is 3.12. The lowest BCUT2D eigenvalue weighted by Gasteiger charge is -1.98. The third kappa shape index (κ3) is 1.80. The van der Waals surface area contributed by atoms with E-state index in [0.29, 0.717) is 6.04 Å². The van der Waals surface area contributed by atoms with Crippen LogP contribution in [-0.2, 0) is 0 Å². The van der Waals surface area contributed by atoms with E-state index in [1.54, 1.807) is 11.3 Å². The first-order chi connectivity index (χ1) is 5.79. The first-order valence-corrected chi connectivity index (χ1v) is 5.84. The van der Waals surface area contributed by atoms with Crippen LogP contribution in [-0.4, -0.2) is 11.0 Å². The molecule has 2 unspecified atom stereocenters. The molecule has 1 aromatic rings. The molecule has 0 saturated heterocycles. The Morgan fingerprint density at radius 1 is 1.83 bits per heavy atom. The highest BCUT2D eigenvalue weighted by Crippen LogP contribution is 2.36. The zero-order valence-electron chi connectivity index (χ0n) is 6.88. The first-order valence-electron chi connectivity index (χ1n) is 4.17. The lowest BCUT2D eigenvalue weighted by atomic mass is 10.3. The standard InChI is InChI=1S/C8H11BrN2S/c1-2-5-3-6(5)10-8-11-7(9)4-12-8/h4-6H,2-3H2,1H3,(H,10,11). The van der Waals surface area contributed by atoms with Gasteiger partial charge in [-0.3, -0.25) is 0 Å². The Hall–Kier alpha value is -0.0900. The number of hydrogen-bond acceptors (Lipinski definition) is 3. The highest BCUT2D eigenvalue weighted by molar-refractivity contribution is 9.10. The van der Waals surface area contributed by atoms with E-state index in [0.717, 1.165) is 15.7 Å². The highest BCUT2D eigenvalue weighted by atomic mass is 79.9. The maximum absolute atomic E-state index is 4.28. The van der Waals surface area contributed by atoms with Gasteiger partial charge in [0.05, 0.1) is 0 Å². The first kappa shape index (κ1) is 8.51. The van der Waals surface area contributed by atoms with Crippen LogP contribution in [0.1, 0.15) is 19.8 Å². The van der Waals surface area contributed by atoms with Gasteiger partial charge in [-0.25, -0.2) is 4.98 Å². The van der Waals surface area contributed by atoms with Gasteiger partial charge >= 0.3 is 0 Å². The molecule has 1 fully saturated rings. The second-order valence-corrected chi connectivity index (χ2v) is 4.80. The van der Waals surface area contributed by atoms with Crippen LogP contribution >= 0.6 is 27.3 Å². The Kier molecular flexibility index (Phi) is 2.37. The van der Waals surface area contributed by atoms with Crippen molar-refractivity contribution < 1.29 is 0 Å². The molecule has 0 aromatic carbocycles. The molecular weight excluding hydrogens is 236 g/mol. The number of anilines is 1. The van der Waals surface area contributed by atoms with Crippen molar-refractivity contribution in [2.45, 2.75) is 25.8 Å². The topological polar surface area (TPSA) is 24.9 Å². The number of halogens is 1. The van der Waals surface area contributed by atoms with Gasteiger partial charge in [-0.2, -0.15) is 0 Å². The minimum Gasteiger partial charge on any atom is -0.358 e. The number of thiazole rings is 1. The largest absolute Gasteiger partial charge is 0.358 e. The normalized spacial score (nSPS) is 27.2. The Bertz CT molecular complexity index is 274. The van der Waals surface area contributed by atoms with Gasteiger partial charge in [-0.1, -0.05) is 13.3 Å². The number of rotatable bonds is 3. The van der Waals surface area contributed by atoms with Crippen LogP contribution in [0.15, 0.2) is 9.98 Å². The molecule has 1 aliphatic carbocycles. The van der Waals surface area contributed by atoms with Gasteiger partial charge in [-0.15, -0.1) is 11.3 Å². The molecule has 1 saturated carbocycles. The van der Waals surface area contributed by atoms with Crippen molar-refractivity contribution in [2.75, 3.05) is 5.32 Å². The summed E-state index contributed by atoms with van der Waals surface area (Å²) in [5.74, 6) is 0.882. The van der Waals surface area contributed by atoms with Crippen molar-refractivity contribution >= 4 is 32.4 Å². The molecule has 12 heavy (non-hydrogen) atoms. The van der Waals surface area contributed by atoms with Crippen molar-refractivity contribution in [2.24, 2.45) is 5.92 Å². The van der Waals surface area contributed by atoms with Gasteiger partial charge in [0, 0.05) is 11.4 Å². The molecule has 66 valence electrons. The SMILES string of the molecule is CCC1CC1Nc1nc(Br)cs1. The maximum Gasteiger partial charge on any atom is 0.183 e. The number of hydrogen-bond donors (Lipinski definition) is 1. The van der Waals surface area contributed by atoms with E-state index in [4.69, 9.17) is 0 Å². The average molecular weight is 247 g/mol. The van der Waals surface area contributed by atoms with E-state index >= 15 is 0 Å². The Labute approximate surface area is 84.5 Å². The molecule has 2 rings (SSSR count). The molecular formula is C8H11BrN2S. The Morgan fingerprint density at radius 2 is 2.67 bits per heavy atom. The molecule has 0 bridgehead atoms. The fraction of sp³-hybridized carbons (Fsp3) is 0.625. The summed E-state index contributed by atoms with van der Waals surface area (Å²) in [7, 11) is 0. The van der Waals surface area contributed by atoms with Gasteiger partial charge < -0.3 is 5.32 Å². The molecule has 0 aliphatic heterocycles. The molecule has 1 aliphatic rings. The summed E-state index contributed by atoms with van der Waals surface area (Å²) in [5.41, 5.74) is 0. The van der Waals surface area contributed by atoms with Crippen LogP contribution in [0.5, 0.6) is 0 Å². The van der Waals surface area contributed by atoms with Crippen LogP contribution < -0.4 is 5.32 Å². The minimum absolute atomic E-state index is 0.688. The zero-order chi connectivity index (χ0) is 8.55. The van der Waals surface area contributed by atoms with Gasteiger partial charge in [0.15, 0.2) is 5.13 Å². The van der Waals surface area contributed by atoms with Gasteiger partial charge in [0.1, 0.15) is 4.60 Å². The Balaban J connectivity index is 1.89. The van der Waals surface area contributed by atoms with Crippen LogP contribution in [0, 0.1) is 5.92 Å². The van der Waals surface area contributed by atoms with Crippen LogP contribution in [0.2, 0.25) is 0 Å². The van der Waals surface area contributed by atoms with Crippen molar-refractivity contribution in [1.82, 2.24) is 4.98 Å². The molecule has 1 aromatic heterocycles. The van der Waals surface area contributed by atoms with Crippen molar-refractivity contribution in [3.63, 3.8) is 0 Å². The van der Waals surface area contributed by atoms with Crippen LogP contribution in [0.25, 0.3) is 0 Å². The summed E-state index contributed by atoms with van der Waals surface area (Å²) < 4.78 is 0.934. The predicted molar refractivity (Wildman–Crippen MR) is 55.6 cm³/mol. The molecule has 0 radical (unpaired) electrons. The van der Waals surface area contributed by atoms with Crippen molar-refractivity contribution in [1.29, 1.82) is 0 Å². The lowest BCUT2D eigenvalue weighted by molar-refractivity contribution is 0.774. The molecule has 1 heterocycles. The van der Waals surface area contributed by atoms with Gasteiger partial charge in [-0.05, 0) is 28.3 Å². The molecule has 0 spiro atoms. The van der Waals surface area contributed by atoms with E-state index in [1.807, 2.05) is 5.38 Å². The monoisotopic (exact) mass is 246 g/mol. The van der Waals surface area contributed by atoms with Gasteiger partial charge in [0.25, 0.3) is 0 Å². The summed E-state index contributed by atoms with van der Waals surface area (Å²) in [5, 5.41) is 6.46. The summed E-state index contributed by atoms with van der Waals surface area (Å²) in [6.45, 7) is 2.24. The summed E-state index contributed by atoms with van der Waals surface area (Å²) in [4.78, 5) is 4.28. The van der Waals surface area contributed by atoms with Crippen molar-refractivity contribution in [3.8, 4) is 0 Å². The fourth-order valence-corrected chi connectivity index (χ4v) is 2.56. The quantitative estimate of drug-likeness (QED) is 0.887. The molecule has 1 N–H and O–H groups in total. The molecule has 2 nitrogen and oxygen atoms in total. The Morgan fingerprint density at radius 3 is 3.17 bits per heavy atom. The van der Waals surface area contributed by atoms with Gasteiger partial charge in [0.2, 0.25) is 0 Å². The molecule has 0 amide bonds. The average Bonchev–Trinajstić information content (AvgIpc) is 2.67. The number of aromatic nitrogens is 1. The van der Waals surface area contributed by atoms with E-state index in [2.05, 4.69) is 33.2 Å². The second kappa shape index (κ2) is 3.34. The van der Waals surface area contributed by atoms with E-state index in [-0.39, 0.29) is 0 Å². The van der Waals surface area contributed by atoms with Crippen LogP contribution in [0.3, 0.4) is 0 Å². The molecule has 2 atom stereocenters. The smallest absolute Gasteiger partial charge is 0.183 e. The summed E-state index contributed by atoms with van der Waals surface area (Å²) in [6.07, 6.45) is 2.60. The fourth-order valence-electron chi connectivity index (χ4n) is 1.35. The summed E-state index contributed by atoms with van der Waals surface area (Å²) >= 11 is 5.00. The summed E-state index contributed by atoms with van der Waals surface area (Å²) in [6, 6.07) is 0.688. The minimum atomic E-state index is 0.688. The van der Waals surface area contributed by atoms with Crippen molar-refractivity contribution in [3.05, 3.63) is 9.98 Å².